The quantitative estimate of drug-likeness (QED) is 0.794. The molecule has 0 saturated heterocycles. The number of nitrogens with one attached hydrogen (secondary N) is 1. The summed E-state index contributed by atoms with van der Waals surface area (Å²) in [7, 11) is 1.68. The maximum atomic E-state index is 13.7. The van der Waals surface area contributed by atoms with E-state index in [1.54, 1.807) is 30.1 Å². The monoisotopic (exact) mass is 408 g/mol. The molecule has 1 N–H and O–H groups in total. The molecule has 0 fully saturated rings. The van der Waals surface area contributed by atoms with Crippen LogP contribution in [0.1, 0.15) is 12.5 Å². The Balaban J connectivity index is 1.99. The molecule has 5 nitrogen and oxygen atoms in total. The summed E-state index contributed by atoms with van der Waals surface area (Å²) < 4.78 is 19.5. The summed E-state index contributed by atoms with van der Waals surface area (Å²) in [5.41, 5.74) is 1.38. The van der Waals surface area contributed by atoms with E-state index in [-0.39, 0.29) is 18.3 Å². The van der Waals surface area contributed by atoms with Gasteiger partial charge in [-0.05, 0) is 29.8 Å². The fraction of sp³-hybridized carbons (Fsp3) is 0.222. The Kier molecular flexibility index (Phi) is 6.52. The van der Waals surface area contributed by atoms with Crippen molar-refractivity contribution in [1.29, 1.82) is 0 Å². The zero-order valence-electron chi connectivity index (χ0n) is 13.9. The Bertz CT molecular complexity index is 783. The number of nitrogens with zero attached hydrogens (tertiary/aromatic N) is 1. The van der Waals surface area contributed by atoms with Gasteiger partial charge in [0.05, 0.1) is 0 Å². The third kappa shape index (κ3) is 5.56. The second-order valence-electron chi connectivity index (χ2n) is 5.44. The maximum Gasteiger partial charge on any atom is 0.262 e. The number of ether oxygens (including phenoxy) is 1. The molecule has 2 aromatic rings. The molecule has 0 aliphatic carbocycles. The fourth-order valence-corrected chi connectivity index (χ4v) is 2.40. The lowest BCUT2D eigenvalue weighted by Crippen LogP contribution is -2.25. The molecule has 25 heavy (non-hydrogen) atoms. The molecule has 0 unspecified atom stereocenters. The standard InChI is InChI=1S/C18H18BrFN2O3/c1-12(23)22(2)10-13-5-3-4-6-16(13)21-18(24)11-25-17-8-7-14(19)9-15(17)20/h3-9H,10-11H2,1-2H3,(H,21,24). The van der Waals surface area contributed by atoms with Crippen LogP contribution in [0, 0.1) is 5.82 Å². The lowest BCUT2D eigenvalue weighted by molar-refractivity contribution is -0.128. The molecule has 0 spiro atoms. The van der Waals surface area contributed by atoms with Crippen molar-refractivity contribution >= 4 is 33.4 Å². The van der Waals surface area contributed by atoms with Gasteiger partial charge in [-0.2, -0.15) is 0 Å². The minimum Gasteiger partial charge on any atom is -0.481 e. The highest BCUT2D eigenvalue weighted by molar-refractivity contribution is 9.10. The zero-order chi connectivity index (χ0) is 18.4. The van der Waals surface area contributed by atoms with Gasteiger partial charge in [0.2, 0.25) is 5.91 Å². The van der Waals surface area contributed by atoms with E-state index in [1.165, 1.54) is 19.1 Å². The smallest absolute Gasteiger partial charge is 0.262 e. The van der Waals surface area contributed by atoms with Gasteiger partial charge < -0.3 is 15.0 Å². The van der Waals surface area contributed by atoms with Gasteiger partial charge in [0, 0.05) is 30.7 Å². The fourth-order valence-electron chi connectivity index (χ4n) is 2.07. The molecule has 0 heterocycles. The van der Waals surface area contributed by atoms with Gasteiger partial charge in [-0.1, -0.05) is 34.1 Å². The van der Waals surface area contributed by atoms with Crippen LogP contribution in [0.4, 0.5) is 10.1 Å². The molecule has 0 aliphatic rings. The predicted octanol–water partition coefficient (Wildman–Crippen LogP) is 3.58. The molecule has 2 rings (SSSR count). The molecule has 0 aromatic heterocycles. The van der Waals surface area contributed by atoms with Crippen molar-refractivity contribution in [3.8, 4) is 5.75 Å². The number of carbonyl (C=O) groups excluding carboxylic acids is 2. The van der Waals surface area contributed by atoms with Gasteiger partial charge in [-0.3, -0.25) is 9.59 Å². The van der Waals surface area contributed by atoms with Crippen LogP contribution >= 0.6 is 15.9 Å². The van der Waals surface area contributed by atoms with E-state index in [4.69, 9.17) is 4.74 Å². The van der Waals surface area contributed by atoms with Crippen LogP contribution < -0.4 is 10.1 Å². The Morgan fingerprint density at radius 3 is 2.64 bits per heavy atom. The average Bonchev–Trinajstić information content (AvgIpc) is 2.55. The molecule has 0 aliphatic heterocycles. The van der Waals surface area contributed by atoms with E-state index in [1.807, 2.05) is 12.1 Å². The first-order valence-corrected chi connectivity index (χ1v) is 8.33. The summed E-state index contributed by atoms with van der Waals surface area (Å²) in [6.45, 7) is 1.52. The molecule has 0 saturated carbocycles. The van der Waals surface area contributed by atoms with E-state index in [9.17, 15) is 14.0 Å². The van der Waals surface area contributed by atoms with E-state index in [0.717, 1.165) is 5.56 Å². The summed E-state index contributed by atoms with van der Waals surface area (Å²) in [4.78, 5) is 25.0. The van der Waals surface area contributed by atoms with Crippen molar-refractivity contribution in [2.75, 3.05) is 19.0 Å². The molecule has 2 aromatic carbocycles. The van der Waals surface area contributed by atoms with E-state index in [2.05, 4.69) is 21.2 Å². The second kappa shape index (κ2) is 8.62. The van der Waals surface area contributed by atoms with Crippen molar-refractivity contribution in [2.45, 2.75) is 13.5 Å². The van der Waals surface area contributed by atoms with Crippen LogP contribution in [-0.4, -0.2) is 30.4 Å². The van der Waals surface area contributed by atoms with Gasteiger partial charge in [0.25, 0.3) is 5.91 Å². The van der Waals surface area contributed by atoms with Crippen molar-refractivity contribution in [1.82, 2.24) is 4.90 Å². The molecule has 0 radical (unpaired) electrons. The van der Waals surface area contributed by atoms with Crippen LogP contribution in [-0.2, 0) is 16.1 Å². The Hall–Kier alpha value is -2.41. The van der Waals surface area contributed by atoms with Gasteiger partial charge in [0.1, 0.15) is 0 Å². The first kappa shape index (κ1) is 18.9. The van der Waals surface area contributed by atoms with Crippen molar-refractivity contribution in [2.24, 2.45) is 0 Å². The summed E-state index contributed by atoms with van der Waals surface area (Å²) in [6, 6.07) is 11.5. The minimum absolute atomic E-state index is 0.00273. The normalized spacial score (nSPS) is 10.2. The molecule has 7 heteroatoms. The average molecular weight is 409 g/mol. The summed E-state index contributed by atoms with van der Waals surface area (Å²) in [5, 5.41) is 2.72. The highest BCUT2D eigenvalue weighted by Gasteiger charge is 2.11. The number of carbonyl (C=O) groups is 2. The first-order chi connectivity index (χ1) is 11.9. The number of hydrogen-bond donors (Lipinski definition) is 1. The summed E-state index contributed by atoms with van der Waals surface area (Å²) in [6.07, 6.45) is 0. The number of anilines is 1. The molecule has 0 bridgehead atoms. The first-order valence-electron chi connectivity index (χ1n) is 7.54. The molecule has 132 valence electrons. The highest BCUT2D eigenvalue weighted by Crippen LogP contribution is 2.21. The third-order valence-electron chi connectivity index (χ3n) is 3.49. The second-order valence-corrected chi connectivity index (χ2v) is 6.36. The lowest BCUT2D eigenvalue weighted by atomic mass is 10.1. The van der Waals surface area contributed by atoms with Gasteiger partial charge in [-0.15, -0.1) is 0 Å². The Morgan fingerprint density at radius 2 is 1.96 bits per heavy atom. The number of hydrogen-bond acceptors (Lipinski definition) is 3. The zero-order valence-corrected chi connectivity index (χ0v) is 15.5. The van der Waals surface area contributed by atoms with Crippen molar-refractivity contribution in [3.63, 3.8) is 0 Å². The van der Waals surface area contributed by atoms with Crippen LogP contribution in [0.15, 0.2) is 46.9 Å². The predicted molar refractivity (Wildman–Crippen MR) is 96.8 cm³/mol. The van der Waals surface area contributed by atoms with Gasteiger partial charge >= 0.3 is 0 Å². The number of amides is 2. The summed E-state index contributed by atoms with van der Waals surface area (Å²) in [5.74, 6) is -1.04. The van der Waals surface area contributed by atoms with Crippen LogP contribution in [0.5, 0.6) is 5.75 Å². The third-order valence-corrected chi connectivity index (χ3v) is 3.98. The number of rotatable bonds is 6. The molecule has 2 amide bonds. The maximum absolute atomic E-state index is 13.7. The molecular weight excluding hydrogens is 391 g/mol. The number of para-hydroxylation sites is 1. The molecule has 0 atom stereocenters. The van der Waals surface area contributed by atoms with E-state index >= 15 is 0 Å². The number of halogens is 2. The van der Waals surface area contributed by atoms with Gasteiger partial charge in [0.15, 0.2) is 18.2 Å². The van der Waals surface area contributed by atoms with Crippen LogP contribution in [0.25, 0.3) is 0 Å². The number of benzene rings is 2. The lowest BCUT2D eigenvalue weighted by Gasteiger charge is -2.18. The van der Waals surface area contributed by atoms with Crippen molar-refractivity contribution < 1.29 is 18.7 Å². The van der Waals surface area contributed by atoms with E-state index in [0.29, 0.717) is 16.7 Å². The summed E-state index contributed by atoms with van der Waals surface area (Å²) >= 11 is 3.16. The van der Waals surface area contributed by atoms with Gasteiger partial charge in [-0.25, -0.2) is 4.39 Å². The highest BCUT2D eigenvalue weighted by atomic mass is 79.9. The van der Waals surface area contributed by atoms with E-state index < -0.39 is 11.7 Å². The van der Waals surface area contributed by atoms with Crippen LogP contribution in [0.3, 0.4) is 0 Å². The topological polar surface area (TPSA) is 58.6 Å². The van der Waals surface area contributed by atoms with Crippen LogP contribution in [0.2, 0.25) is 0 Å². The largest absolute Gasteiger partial charge is 0.481 e. The Morgan fingerprint density at radius 1 is 1.24 bits per heavy atom. The minimum atomic E-state index is -0.550. The molecular formula is C18H18BrFN2O3. The SMILES string of the molecule is CC(=O)N(C)Cc1ccccc1NC(=O)COc1ccc(Br)cc1F. The van der Waals surface area contributed by atoms with Crippen molar-refractivity contribution in [3.05, 3.63) is 58.3 Å². The Labute approximate surface area is 153 Å².